The number of hydrogen-bond donors (Lipinski definition) is 1. The summed E-state index contributed by atoms with van der Waals surface area (Å²) in [6.45, 7) is 10.4. The van der Waals surface area contributed by atoms with E-state index in [-0.39, 0.29) is 11.3 Å². The van der Waals surface area contributed by atoms with Crippen molar-refractivity contribution in [1.29, 1.82) is 0 Å². The summed E-state index contributed by atoms with van der Waals surface area (Å²) >= 11 is 5.84. The molecule has 0 aromatic carbocycles. The zero-order valence-corrected chi connectivity index (χ0v) is 12.4. The lowest BCUT2D eigenvalue weighted by molar-refractivity contribution is -0.117. The van der Waals surface area contributed by atoms with Crippen LogP contribution in [0.2, 0.25) is 5.15 Å². The van der Waals surface area contributed by atoms with Crippen molar-refractivity contribution >= 4 is 23.2 Å². The molecule has 0 fully saturated rings. The van der Waals surface area contributed by atoms with Gasteiger partial charge in [-0.3, -0.25) is 4.79 Å². The summed E-state index contributed by atoms with van der Waals surface area (Å²) in [5.74, 6) is 0.333. The Morgan fingerprint density at radius 2 is 2.11 bits per heavy atom. The van der Waals surface area contributed by atoms with Gasteiger partial charge in [0, 0.05) is 6.42 Å². The van der Waals surface area contributed by atoms with Crippen LogP contribution in [-0.4, -0.2) is 10.9 Å². The molecule has 0 aliphatic rings. The van der Waals surface area contributed by atoms with Crippen LogP contribution in [0.3, 0.4) is 0 Å². The lowest BCUT2D eigenvalue weighted by atomic mass is 9.80. The highest BCUT2D eigenvalue weighted by Crippen LogP contribution is 2.28. The molecule has 1 rings (SSSR count). The molecule has 0 radical (unpaired) electrons. The summed E-state index contributed by atoms with van der Waals surface area (Å²) in [7, 11) is 0. The minimum Gasteiger partial charge on any atom is -0.325 e. The number of aromatic nitrogens is 1. The van der Waals surface area contributed by atoms with Gasteiger partial charge in [-0.25, -0.2) is 4.98 Å². The fourth-order valence-corrected chi connectivity index (χ4v) is 1.53. The lowest BCUT2D eigenvalue weighted by Gasteiger charge is -2.26. The molecular weight excluding hydrogens is 248 g/mol. The van der Waals surface area contributed by atoms with Gasteiger partial charge in [-0.1, -0.05) is 39.3 Å². The van der Waals surface area contributed by atoms with Crippen LogP contribution < -0.4 is 5.32 Å². The van der Waals surface area contributed by atoms with Crippen LogP contribution in [-0.2, 0) is 4.79 Å². The number of halogens is 1. The van der Waals surface area contributed by atoms with Gasteiger partial charge >= 0.3 is 0 Å². The van der Waals surface area contributed by atoms with Crippen molar-refractivity contribution in [3.63, 3.8) is 0 Å². The summed E-state index contributed by atoms with van der Waals surface area (Å²) < 4.78 is 0. The number of rotatable bonds is 3. The highest BCUT2D eigenvalue weighted by molar-refractivity contribution is 6.30. The van der Waals surface area contributed by atoms with E-state index in [0.29, 0.717) is 23.2 Å². The van der Waals surface area contributed by atoms with E-state index in [0.717, 1.165) is 5.56 Å². The Labute approximate surface area is 114 Å². The average molecular weight is 269 g/mol. The van der Waals surface area contributed by atoms with E-state index >= 15 is 0 Å². The number of nitrogens with one attached hydrogen (secondary N) is 1. The minimum atomic E-state index is 0.0148. The van der Waals surface area contributed by atoms with Crippen molar-refractivity contribution in [3.05, 3.63) is 23.0 Å². The van der Waals surface area contributed by atoms with Gasteiger partial charge in [0.25, 0.3) is 0 Å². The summed E-state index contributed by atoms with van der Waals surface area (Å²) in [5, 5.41) is 3.32. The number of hydrogen-bond acceptors (Lipinski definition) is 2. The maximum absolute atomic E-state index is 11.9. The highest BCUT2D eigenvalue weighted by Gasteiger charge is 2.22. The number of carbonyl (C=O) groups excluding carboxylic acids is 1. The zero-order valence-electron chi connectivity index (χ0n) is 11.7. The van der Waals surface area contributed by atoms with Crippen LogP contribution in [0.1, 0.15) is 39.7 Å². The number of aryl methyl sites for hydroxylation is 1. The van der Waals surface area contributed by atoms with E-state index in [4.69, 9.17) is 11.6 Å². The first-order valence-corrected chi connectivity index (χ1v) is 6.50. The van der Waals surface area contributed by atoms with Crippen molar-refractivity contribution in [2.45, 2.75) is 41.0 Å². The van der Waals surface area contributed by atoms with Crippen molar-refractivity contribution in [3.8, 4) is 0 Å². The van der Waals surface area contributed by atoms with Gasteiger partial charge in [0.15, 0.2) is 0 Å². The minimum absolute atomic E-state index is 0.0148. The van der Waals surface area contributed by atoms with E-state index < -0.39 is 0 Å². The van der Waals surface area contributed by atoms with Crippen LogP contribution in [0.4, 0.5) is 5.69 Å². The van der Waals surface area contributed by atoms with Crippen molar-refractivity contribution in [2.75, 3.05) is 5.32 Å². The molecule has 1 aromatic rings. The molecule has 0 bridgehead atoms. The predicted molar refractivity (Wildman–Crippen MR) is 75.8 cm³/mol. The third kappa shape index (κ3) is 4.30. The number of anilines is 1. The van der Waals surface area contributed by atoms with Crippen LogP contribution in [0.15, 0.2) is 12.3 Å². The maximum atomic E-state index is 11.9. The fraction of sp³-hybridized carbons (Fsp3) is 0.571. The molecule has 0 aliphatic heterocycles. The first-order chi connectivity index (χ1) is 8.20. The van der Waals surface area contributed by atoms with Crippen molar-refractivity contribution in [2.24, 2.45) is 11.3 Å². The smallest absolute Gasteiger partial charge is 0.224 e. The van der Waals surface area contributed by atoms with Crippen LogP contribution in [0.25, 0.3) is 0 Å². The molecule has 0 aliphatic carbocycles. The molecule has 0 saturated carbocycles. The number of amides is 1. The molecule has 1 atom stereocenters. The van der Waals surface area contributed by atoms with Crippen molar-refractivity contribution in [1.82, 2.24) is 4.98 Å². The summed E-state index contributed by atoms with van der Waals surface area (Å²) in [6, 6.07) is 1.83. The standard InChI is InChI=1S/C14H21ClN2O/c1-9-6-11(8-16-13(9)15)17-12(18)7-10(2)14(3,4)5/h6,8,10H,7H2,1-5H3,(H,17,18). The lowest BCUT2D eigenvalue weighted by Crippen LogP contribution is -2.24. The Morgan fingerprint density at radius 1 is 1.50 bits per heavy atom. The normalized spacial score (nSPS) is 13.2. The summed E-state index contributed by atoms with van der Waals surface area (Å²) in [6.07, 6.45) is 2.08. The maximum Gasteiger partial charge on any atom is 0.224 e. The molecule has 0 saturated heterocycles. The van der Waals surface area contributed by atoms with Gasteiger partial charge in [-0.05, 0) is 29.9 Å². The second kappa shape index (κ2) is 5.70. The van der Waals surface area contributed by atoms with E-state index in [2.05, 4.69) is 38.0 Å². The molecule has 1 amide bonds. The third-order valence-electron chi connectivity index (χ3n) is 3.27. The van der Waals surface area contributed by atoms with Crippen LogP contribution in [0, 0.1) is 18.3 Å². The number of nitrogens with zero attached hydrogens (tertiary/aromatic N) is 1. The fourth-order valence-electron chi connectivity index (χ4n) is 1.42. The van der Waals surface area contributed by atoms with E-state index in [1.807, 2.05) is 13.0 Å². The molecular formula is C14H21ClN2O. The SMILES string of the molecule is Cc1cc(NC(=O)CC(C)C(C)(C)C)cnc1Cl. The molecule has 4 heteroatoms. The molecule has 0 spiro atoms. The molecule has 18 heavy (non-hydrogen) atoms. The average Bonchev–Trinajstić information content (AvgIpc) is 2.22. The molecule has 1 unspecified atom stereocenters. The molecule has 1 aromatic heterocycles. The molecule has 3 nitrogen and oxygen atoms in total. The number of carbonyl (C=O) groups is 1. The topological polar surface area (TPSA) is 42.0 Å². The van der Waals surface area contributed by atoms with Gasteiger partial charge in [0.05, 0.1) is 11.9 Å². The second-order valence-electron chi connectivity index (χ2n) is 5.85. The Bertz CT molecular complexity index is 438. The van der Waals surface area contributed by atoms with E-state index in [9.17, 15) is 4.79 Å². The Balaban J connectivity index is 2.62. The van der Waals surface area contributed by atoms with Crippen molar-refractivity contribution < 1.29 is 4.79 Å². The molecule has 1 N–H and O–H groups in total. The summed E-state index contributed by atoms with van der Waals surface area (Å²) in [5.41, 5.74) is 1.69. The molecule has 1 heterocycles. The van der Waals surface area contributed by atoms with Crippen LogP contribution in [0.5, 0.6) is 0 Å². The predicted octanol–water partition coefficient (Wildman–Crippen LogP) is 4.05. The Kier molecular flexibility index (Phi) is 4.74. The quantitative estimate of drug-likeness (QED) is 0.840. The van der Waals surface area contributed by atoms with Gasteiger partial charge < -0.3 is 5.32 Å². The first-order valence-electron chi connectivity index (χ1n) is 6.12. The Hall–Kier alpha value is -1.09. The molecule has 100 valence electrons. The zero-order chi connectivity index (χ0) is 13.9. The third-order valence-corrected chi connectivity index (χ3v) is 3.66. The van der Waals surface area contributed by atoms with E-state index in [1.165, 1.54) is 0 Å². The first kappa shape index (κ1) is 15.0. The van der Waals surface area contributed by atoms with Gasteiger partial charge in [-0.2, -0.15) is 0 Å². The van der Waals surface area contributed by atoms with Gasteiger partial charge in [-0.15, -0.1) is 0 Å². The van der Waals surface area contributed by atoms with Gasteiger partial charge in [0.2, 0.25) is 5.91 Å². The highest BCUT2D eigenvalue weighted by atomic mass is 35.5. The largest absolute Gasteiger partial charge is 0.325 e. The summed E-state index contributed by atoms with van der Waals surface area (Å²) in [4.78, 5) is 15.9. The Morgan fingerprint density at radius 3 is 2.61 bits per heavy atom. The van der Waals surface area contributed by atoms with E-state index in [1.54, 1.807) is 6.20 Å². The number of pyridine rings is 1. The monoisotopic (exact) mass is 268 g/mol. The second-order valence-corrected chi connectivity index (χ2v) is 6.21. The van der Waals surface area contributed by atoms with Gasteiger partial charge in [0.1, 0.15) is 5.15 Å². The van der Waals surface area contributed by atoms with Crippen LogP contribution >= 0.6 is 11.6 Å².